The van der Waals surface area contributed by atoms with Crippen molar-refractivity contribution < 1.29 is 9.90 Å². The van der Waals surface area contributed by atoms with E-state index in [1.807, 2.05) is 47.0 Å². The number of carbonyl (C=O) groups excluding carboxylic acids is 1. The van der Waals surface area contributed by atoms with E-state index in [1.54, 1.807) is 6.20 Å². The van der Waals surface area contributed by atoms with Crippen molar-refractivity contribution in [2.45, 2.75) is 44.4 Å². The molecule has 2 heterocycles. The Morgan fingerprint density at radius 3 is 2.55 bits per heavy atom. The smallest absolute Gasteiger partial charge is 0.275 e. The molecule has 5 rings (SSSR count). The van der Waals surface area contributed by atoms with E-state index in [2.05, 4.69) is 22.2 Å². The van der Waals surface area contributed by atoms with Gasteiger partial charge in [0.05, 0.1) is 18.0 Å². The summed E-state index contributed by atoms with van der Waals surface area (Å²) in [7, 11) is 1.89. The van der Waals surface area contributed by atoms with Crippen LogP contribution in [0.2, 0.25) is 0 Å². The van der Waals surface area contributed by atoms with Gasteiger partial charge in [0.15, 0.2) is 11.3 Å². The fraction of sp³-hybridized carbons (Fsp3) is 0.435. The molecule has 1 aromatic carbocycles. The molecule has 1 amide bonds. The van der Waals surface area contributed by atoms with E-state index in [-0.39, 0.29) is 18.1 Å². The summed E-state index contributed by atoms with van der Waals surface area (Å²) in [6.45, 7) is 0.580. The molecule has 2 aromatic heterocycles. The highest BCUT2D eigenvalue weighted by Gasteiger charge is 2.43. The van der Waals surface area contributed by atoms with Crippen molar-refractivity contribution in [1.82, 2.24) is 19.7 Å². The number of hydrogen-bond donors (Lipinski definition) is 1. The molecular formula is C23H26N4O2. The van der Waals surface area contributed by atoms with E-state index in [9.17, 15) is 9.90 Å². The highest BCUT2D eigenvalue weighted by Crippen LogP contribution is 2.45. The van der Waals surface area contributed by atoms with Gasteiger partial charge >= 0.3 is 0 Å². The molecule has 4 atom stereocenters. The van der Waals surface area contributed by atoms with Gasteiger partial charge in [-0.05, 0) is 55.2 Å². The zero-order valence-electron chi connectivity index (χ0n) is 16.6. The Kier molecular flexibility index (Phi) is 4.59. The lowest BCUT2D eigenvalue weighted by Crippen LogP contribution is -2.36. The van der Waals surface area contributed by atoms with Crippen LogP contribution in [0.1, 0.15) is 41.7 Å². The van der Waals surface area contributed by atoms with Gasteiger partial charge in [-0.2, -0.15) is 5.10 Å². The average molecular weight is 390 g/mol. The molecule has 6 nitrogen and oxygen atoms in total. The van der Waals surface area contributed by atoms with Crippen LogP contribution in [0, 0.1) is 11.8 Å². The minimum absolute atomic E-state index is 0.0414. The third-order valence-corrected chi connectivity index (χ3v) is 6.72. The van der Waals surface area contributed by atoms with E-state index in [0.29, 0.717) is 24.1 Å². The van der Waals surface area contributed by atoms with Crippen LogP contribution in [-0.2, 0) is 6.54 Å². The first-order valence-electron chi connectivity index (χ1n) is 10.4. The number of rotatable bonds is 4. The minimum Gasteiger partial charge on any atom is -0.393 e. The second kappa shape index (κ2) is 7.26. The van der Waals surface area contributed by atoms with E-state index in [4.69, 9.17) is 0 Å². The molecule has 2 aliphatic carbocycles. The maximum absolute atomic E-state index is 13.4. The SMILES string of the molecule is CN(C(=O)c1nn(Cc2ccccc2)c2ncccc12)C1C[C@H]2CC(O)C[C@H]2C1. The predicted molar refractivity (Wildman–Crippen MR) is 110 cm³/mol. The molecule has 2 unspecified atom stereocenters. The highest BCUT2D eigenvalue weighted by atomic mass is 16.3. The van der Waals surface area contributed by atoms with Crippen LogP contribution in [0.5, 0.6) is 0 Å². The van der Waals surface area contributed by atoms with Gasteiger partial charge in [-0.25, -0.2) is 9.67 Å². The summed E-state index contributed by atoms with van der Waals surface area (Å²) >= 11 is 0. The van der Waals surface area contributed by atoms with E-state index in [1.165, 1.54) is 0 Å². The molecule has 0 saturated heterocycles. The standard InChI is InChI=1S/C23H26N4O2/c1-26(18-10-16-12-19(28)13-17(16)11-18)23(29)21-20-8-5-9-24-22(20)27(25-21)14-15-6-3-2-4-7-15/h2-9,16-19,28H,10-14H2,1H3/t16-,17+,18?,19?. The molecule has 0 bridgehead atoms. The molecule has 0 spiro atoms. The first-order chi connectivity index (χ1) is 14.1. The summed E-state index contributed by atoms with van der Waals surface area (Å²) in [5.41, 5.74) is 2.33. The number of pyridine rings is 1. The van der Waals surface area contributed by atoms with Gasteiger partial charge in [-0.1, -0.05) is 30.3 Å². The fourth-order valence-electron chi connectivity index (χ4n) is 5.24. The zero-order valence-corrected chi connectivity index (χ0v) is 16.6. The molecule has 3 aromatic rings. The summed E-state index contributed by atoms with van der Waals surface area (Å²) in [6, 6.07) is 14.1. The van der Waals surface area contributed by atoms with E-state index < -0.39 is 0 Å². The van der Waals surface area contributed by atoms with Crippen molar-refractivity contribution in [2.24, 2.45) is 11.8 Å². The van der Waals surface area contributed by atoms with Gasteiger partial charge in [0.2, 0.25) is 0 Å². The Hall–Kier alpha value is -2.73. The van der Waals surface area contributed by atoms with Gasteiger partial charge in [0, 0.05) is 19.3 Å². The molecule has 2 fully saturated rings. The van der Waals surface area contributed by atoms with E-state index in [0.717, 1.165) is 42.3 Å². The van der Waals surface area contributed by atoms with Gasteiger partial charge < -0.3 is 10.0 Å². The van der Waals surface area contributed by atoms with Crippen molar-refractivity contribution in [2.75, 3.05) is 7.05 Å². The summed E-state index contributed by atoms with van der Waals surface area (Å²) in [5.74, 6) is 1.04. The summed E-state index contributed by atoms with van der Waals surface area (Å²) in [4.78, 5) is 19.7. The molecule has 0 radical (unpaired) electrons. The van der Waals surface area contributed by atoms with Crippen LogP contribution in [0.3, 0.4) is 0 Å². The van der Waals surface area contributed by atoms with Crippen molar-refractivity contribution in [1.29, 1.82) is 0 Å². The van der Waals surface area contributed by atoms with Crippen molar-refractivity contribution in [3.63, 3.8) is 0 Å². The van der Waals surface area contributed by atoms with Gasteiger partial charge in [0.1, 0.15) is 0 Å². The second-order valence-electron chi connectivity index (χ2n) is 8.55. The molecule has 0 aliphatic heterocycles. The third-order valence-electron chi connectivity index (χ3n) is 6.72. The first kappa shape index (κ1) is 18.3. The number of carbonyl (C=O) groups is 1. The number of aromatic nitrogens is 3. The lowest BCUT2D eigenvalue weighted by Gasteiger charge is -2.25. The number of benzene rings is 1. The van der Waals surface area contributed by atoms with Gasteiger partial charge in [-0.15, -0.1) is 0 Å². The molecular weight excluding hydrogens is 364 g/mol. The van der Waals surface area contributed by atoms with Crippen molar-refractivity contribution in [3.05, 3.63) is 59.9 Å². The van der Waals surface area contributed by atoms with Crippen LogP contribution in [0.25, 0.3) is 11.0 Å². The first-order valence-corrected chi connectivity index (χ1v) is 10.4. The monoisotopic (exact) mass is 390 g/mol. The average Bonchev–Trinajstić information content (AvgIpc) is 3.39. The van der Waals surface area contributed by atoms with Crippen LogP contribution in [-0.4, -0.2) is 49.9 Å². The molecule has 6 heteroatoms. The molecule has 150 valence electrons. The molecule has 2 saturated carbocycles. The fourth-order valence-corrected chi connectivity index (χ4v) is 5.24. The lowest BCUT2D eigenvalue weighted by atomic mass is 10.0. The Bertz CT molecular complexity index is 1020. The number of nitrogens with zero attached hydrogens (tertiary/aromatic N) is 4. The van der Waals surface area contributed by atoms with Gasteiger partial charge in [-0.3, -0.25) is 4.79 Å². The van der Waals surface area contributed by atoms with Gasteiger partial charge in [0.25, 0.3) is 5.91 Å². The number of hydrogen-bond acceptors (Lipinski definition) is 4. The number of aliphatic hydroxyl groups is 1. The van der Waals surface area contributed by atoms with Crippen LogP contribution in [0.15, 0.2) is 48.7 Å². The summed E-state index contributed by atoms with van der Waals surface area (Å²) in [6.07, 6.45) is 5.29. The third kappa shape index (κ3) is 3.31. The maximum Gasteiger partial charge on any atom is 0.275 e. The molecule has 29 heavy (non-hydrogen) atoms. The summed E-state index contributed by atoms with van der Waals surface area (Å²) < 4.78 is 1.82. The predicted octanol–water partition coefficient (Wildman–Crippen LogP) is 3.10. The summed E-state index contributed by atoms with van der Waals surface area (Å²) in [5, 5.41) is 15.4. The van der Waals surface area contributed by atoms with Crippen molar-refractivity contribution >= 4 is 16.9 Å². The largest absolute Gasteiger partial charge is 0.393 e. The quantitative estimate of drug-likeness (QED) is 0.743. The normalized spacial score (nSPS) is 26.0. The Morgan fingerprint density at radius 1 is 1.10 bits per heavy atom. The highest BCUT2D eigenvalue weighted by molar-refractivity contribution is 6.04. The van der Waals surface area contributed by atoms with Crippen LogP contribution in [0.4, 0.5) is 0 Å². The zero-order chi connectivity index (χ0) is 20.0. The maximum atomic E-state index is 13.4. The number of fused-ring (bicyclic) bond motifs is 2. The second-order valence-corrected chi connectivity index (χ2v) is 8.55. The Morgan fingerprint density at radius 2 is 1.83 bits per heavy atom. The number of amides is 1. The minimum atomic E-state index is -0.157. The van der Waals surface area contributed by atoms with Crippen LogP contribution >= 0.6 is 0 Å². The lowest BCUT2D eigenvalue weighted by molar-refractivity contribution is 0.0717. The Balaban J connectivity index is 1.42. The van der Waals surface area contributed by atoms with Crippen molar-refractivity contribution in [3.8, 4) is 0 Å². The molecule has 2 aliphatic rings. The Labute approximate surface area is 170 Å². The van der Waals surface area contributed by atoms with E-state index >= 15 is 0 Å². The number of aliphatic hydroxyl groups excluding tert-OH is 1. The van der Waals surface area contributed by atoms with Crippen LogP contribution < -0.4 is 0 Å². The topological polar surface area (TPSA) is 71.2 Å². The molecule has 1 N–H and O–H groups in total.